The molecule has 2 aromatic rings. The molecule has 1 fully saturated rings. The van der Waals surface area contributed by atoms with Crippen molar-refractivity contribution in [3.05, 3.63) is 52.6 Å². The molecule has 34 heavy (non-hydrogen) atoms. The third-order valence-corrected chi connectivity index (χ3v) is 8.12. The van der Waals surface area contributed by atoms with Gasteiger partial charge >= 0.3 is 0 Å². The number of benzene rings is 1. The van der Waals surface area contributed by atoms with Gasteiger partial charge in [-0.3, -0.25) is 9.59 Å². The van der Waals surface area contributed by atoms with Crippen molar-refractivity contribution >= 4 is 35.2 Å². The van der Waals surface area contributed by atoms with Gasteiger partial charge in [0.05, 0.1) is 24.2 Å². The van der Waals surface area contributed by atoms with Gasteiger partial charge in [0.25, 0.3) is 11.8 Å². The molecule has 4 rings (SSSR count). The summed E-state index contributed by atoms with van der Waals surface area (Å²) in [6, 6.07) is 7.29. The lowest BCUT2D eigenvalue weighted by Crippen LogP contribution is -2.46. The van der Waals surface area contributed by atoms with Gasteiger partial charge in [-0.15, -0.1) is 11.8 Å². The van der Waals surface area contributed by atoms with Gasteiger partial charge in [-0.1, -0.05) is 23.7 Å². The number of carbonyl (C=O) groups is 2. The molecule has 1 aliphatic carbocycles. The van der Waals surface area contributed by atoms with Crippen molar-refractivity contribution in [3.8, 4) is 0 Å². The number of thioether (sulfide) groups is 1. The Morgan fingerprint density at radius 1 is 1.21 bits per heavy atom. The van der Waals surface area contributed by atoms with Crippen LogP contribution in [0.15, 0.2) is 30.5 Å². The first kappa shape index (κ1) is 25.0. The van der Waals surface area contributed by atoms with E-state index in [1.165, 1.54) is 6.20 Å². The Kier molecular flexibility index (Phi) is 7.57. The normalized spacial score (nSPS) is 16.9. The second kappa shape index (κ2) is 10.3. The SMILES string of the molecule is COCC(C)(COC)SC1(CN2CCn3c(cnc3C(=O)NCc3ccc(Cl)cc3)C2=O)CC1. The van der Waals surface area contributed by atoms with Crippen LogP contribution in [0.25, 0.3) is 0 Å². The van der Waals surface area contributed by atoms with E-state index in [-0.39, 0.29) is 27.1 Å². The van der Waals surface area contributed by atoms with Gasteiger partial charge in [-0.2, -0.15) is 0 Å². The standard InChI is InChI=1S/C24H31ClN4O4S/c1-23(15-32-2,16-33-3)34-24(8-9-24)14-28-10-11-29-19(22(28)31)13-26-20(29)21(30)27-12-17-4-6-18(25)7-5-17/h4-7,13H,8-12,14-16H2,1-3H3,(H,27,30). The smallest absolute Gasteiger partial charge is 0.287 e. The van der Waals surface area contributed by atoms with Gasteiger partial charge in [-0.05, 0) is 37.5 Å². The van der Waals surface area contributed by atoms with Crippen molar-refractivity contribution in [2.45, 2.75) is 42.3 Å². The molecule has 1 N–H and O–H groups in total. The lowest BCUT2D eigenvalue weighted by molar-refractivity contribution is 0.0698. The summed E-state index contributed by atoms with van der Waals surface area (Å²) in [6.45, 7) is 5.44. The zero-order valence-electron chi connectivity index (χ0n) is 19.8. The summed E-state index contributed by atoms with van der Waals surface area (Å²) in [5, 5.41) is 3.52. The molecule has 2 aliphatic rings. The fraction of sp³-hybridized carbons (Fsp3) is 0.542. The predicted molar refractivity (Wildman–Crippen MR) is 132 cm³/mol. The third-order valence-electron chi connectivity index (χ3n) is 6.17. The Morgan fingerprint density at radius 3 is 2.50 bits per heavy atom. The molecule has 0 atom stereocenters. The average Bonchev–Trinajstić information content (AvgIpc) is 3.39. The van der Waals surface area contributed by atoms with Crippen molar-refractivity contribution < 1.29 is 19.1 Å². The van der Waals surface area contributed by atoms with Gasteiger partial charge in [0.2, 0.25) is 0 Å². The molecule has 0 spiro atoms. The lowest BCUT2D eigenvalue weighted by atomic mass is 10.2. The van der Waals surface area contributed by atoms with Gasteiger partial charge in [0, 0.05) is 50.2 Å². The summed E-state index contributed by atoms with van der Waals surface area (Å²) in [6.07, 6.45) is 3.63. The van der Waals surface area contributed by atoms with E-state index in [1.54, 1.807) is 30.9 Å². The summed E-state index contributed by atoms with van der Waals surface area (Å²) in [4.78, 5) is 32.2. The number of hydrogen-bond donors (Lipinski definition) is 1. The average molecular weight is 507 g/mol. The predicted octanol–water partition coefficient (Wildman–Crippen LogP) is 3.24. The minimum Gasteiger partial charge on any atom is -0.383 e. The quantitative estimate of drug-likeness (QED) is 0.503. The molecule has 1 aliphatic heterocycles. The van der Waals surface area contributed by atoms with Gasteiger partial charge in [0.15, 0.2) is 5.82 Å². The van der Waals surface area contributed by atoms with Gasteiger partial charge < -0.3 is 24.3 Å². The van der Waals surface area contributed by atoms with Crippen molar-refractivity contribution in [3.63, 3.8) is 0 Å². The molecule has 1 aromatic heterocycles. The minimum atomic E-state index is -0.299. The number of nitrogens with one attached hydrogen (secondary N) is 1. The number of halogens is 1. The van der Waals surface area contributed by atoms with Crippen LogP contribution in [0.4, 0.5) is 0 Å². The van der Waals surface area contributed by atoms with E-state index in [0.717, 1.165) is 18.4 Å². The number of ether oxygens (including phenoxy) is 2. The van der Waals surface area contributed by atoms with Crippen LogP contribution in [0.1, 0.15) is 46.4 Å². The van der Waals surface area contributed by atoms with Crippen molar-refractivity contribution in [1.82, 2.24) is 19.8 Å². The van der Waals surface area contributed by atoms with Crippen LogP contribution in [0.5, 0.6) is 0 Å². The maximum atomic E-state index is 13.2. The molecule has 8 nitrogen and oxygen atoms in total. The summed E-state index contributed by atoms with van der Waals surface area (Å²) >= 11 is 7.78. The van der Waals surface area contributed by atoms with Crippen molar-refractivity contribution in [2.75, 3.05) is 40.5 Å². The number of nitrogens with zero attached hydrogens (tertiary/aromatic N) is 3. The summed E-state index contributed by atoms with van der Waals surface area (Å²) in [7, 11) is 3.40. The molecular weight excluding hydrogens is 476 g/mol. The molecule has 0 unspecified atom stereocenters. The summed E-state index contributed by atoms with van der Waals surface area (Å²) < 4.78 is 12.4. The van der Waals surface area contributed by atoms with E-state index >= 15 is 0 Å². The van der Waals surface area contributed by atoms with Crippen LogP contribution in [0, 0.1) is 0 Å². The number of methoxy groups -OCH3 is 2. The van der Waals surface area contributed by atoms with E-state index in [9.17, 15) is 9.59 Å². The number of carbonyl (C=O) groups excluding carboxylic acids is 2. The van der Waals surface area contributed by atoms with Crippen LogP contribution in [-0.2, 0) is 22.6 Å². The zero-order chi connectivity index (χ0) is 24.3. The highest BCUT2D eigenvalue weighted by atomic mass is 35.5. The van der Waals surface area contributed by atoms with Gasteiger partial charge in [-0.25, -0.2) is 4.98 Å². The van der Waals surface area contributed by atoms with Crippen LogP contribution >= 0.6 is 23.4 Å². The number of rotatable bonds is 11. The highest BCUT2D eigenvalue weighted by Crippen LogP contribution is 2.54. The molecular formula is C24H31ClN4O4S. The molecule has 0 saturated heterocycles. The number of fused-ring (bicyclic) bond motifs is 1. The van der Waals surface area contributed by atoms with Crippen LogP contribution in [0.2, 0.25) is 5.02 Å². The molecule has 1 saturated carbocycles. The molecule has 0 bridgehead atoms. The van der Waals surface area contributed by atoms with E-state index < -0.39 is 0 Å². The largest absolute Gasteiger partial charge is 0.383 e. The Hall–Kier alpha value is -2.07. The van der Waals surface area contributed by atoms with Crippen molar-refractivity contribution in [1.29, 1.82) is 0 Å². The molecule has 0 radical (unpaired) electrons. The van der Waals surface area contributed by atoms with E-state index in [4.69, 9.17) is 21.1 Å². The van der Waals surface area contributed by atoms with Crippen LogP contribution in [-0.4, -0.2) is 76.3 Å². The Morgan fingerprint density at radius 2 is 1.88 bits per heavy atom. The first-order valence-corrected chi connectivity index (χ1v) is 12.5. The Bertz CT molecular complexity index is 1030. The maximum absolute atomic E-state index is 13.2. The highest BCUT2D eigenvalue weighted by Gasteiger charge is 2.50. The fourth-order valence-electron chi connectivity index (χ4n) is 4.47. The van der Waals surface area contributed by atoms with E-state index in [1.807, 2.05) is 28.8 Å². The second-order valence-corrected chi connectivity index (χ2v) is 11.7. The molecule has 10 heteroatoms. The van der Waals surface area contributed by atoms with E-state index in [0.29, 0.717) is 50.1 Å². The van der Waals surface area contributed by atoms with E-state index in [2.05, 4.69) is 17.2 Å². The minimum absolute atomic E-state index is 0.0163. The first-order valence-electron chi connectivity index (χ1n) is 11.3. The molecule has 2 amide bonds. The monoisotopic (exact) mass is 506 g/mol. The topological polar surface area (TPSA) is 85.7 Å². The highest BCUT2D eigenvalue weighted by molar-refractivity contribution is 8.02. The Labute approximate surface area is 209 Å². The first-order chi connectivity index (χ1) is 16.3. The Balaban J connectivity index is 1.39. The number of imidazole rings is 1. The summed E-state index contributed by atoms with van der Waals surface area (Å²) in [5.74, 6) is -0.116. The second-order valence-electron chi connectivity index (χ2n) is 9.26. The van der Waals surface area contributed by atoms with Crippen LogP contribution < -0.4 is 5.32 Å². The zero-order valence-corrected chi connectivity index (χ0v) is 21.4. The summed E-state index contributed by atoms with van der Waals surface area (Å²) in [5.41, 5.74) is 1.40. The van der Waals surface area contributed by atoms with Crippen LogP contribution in [0.3, 0.4) is 0 Å². The fourth-order valence-corrected chi connectivity index (χ4v) is 6.52. The third kappa shape index (κ3) is 5.59. The lowest BCUT2D eigenvalue weighted by Gasteiger charge is -2.36. The molecule has 2 heterocycles. The maximum Gasteiger partial charge on any atom is 0.287 e. The number of aromatic nitrogens is 2. The van der Waals surface area contributed by atoms with Crippen molar-refractivity contribution in [2.24, 2.45) is 0 Å². The number of hydrogen-bond acceptors (Lipinski definition) is 6. The molecule has 1 aromatic carbocycles. The van der Waals surface area contributed by atoms with Gasteiger partial charge in [0.1, 0.15) is 5.69 Å². The molecule has 184 valence electrons. The number of amides is 2.